The van der Waals surface area contributed by atoms with Crippen molar-refractivity contribution in [3.8, 4) is 22.5 Å². The van der Waals surface area contributed by atoms with Crippen molar-refractivity contribution >= 4 is 16.7 Å². The van der Waals surface area contributed by atoms with E-state index >= 15 is 0 Å². The number of aryl methyl sites for hydroxylation is 4. The summed E-state index contributed by atoms with van der Waals surface area (Å²) >= 11 is 0. The van der Waals surface area contributed by atoms with Crippen molar-refractivity contribution in [1.29, 1.82) is 0 Å². The molecule has 3 aromatic heterocycles. The van der Waals surface area contributed by atoms with Crippen LogP contribution in [-0.4, -0.2) is 20.3 Å². The monoisotopic (exact) mass is 335 g/mol. The van der Waals surface area contributed by atoms with E-state index < -0.39 is 0 Å². The third-order valence-corrected chi connectivity index (χ3v) is 4.30. The number of nitrogens with zero attached hydrogens (tertiary/aromatic N) is 4. The molecule has 2 N–H and O–H groups in total. The number of rotatable bonds is 2. The lowest BCUT2D eigenvalue weighted by Gasteiger charge is -2.07. The van der Waals surface area contributed by atoms with Gasteiger partial charge in [-0.2, -0.15) is 0 Å². The molecule has 126 valence electrons. The molecule has 0 fully saturated rings. The molecule has 0 radical (unpaired) electrons. The van der Waals surface area contributed by atoms with Gasteiger partial charge in [-0.05, 0) is 45.4 Å². The maximum absolute atomic E-state index is 6.22. The Morgan fingerprint density at radius 2 is 1.48 bits per heavy atom. The Kier molecular flexibility index (Phi) is 3.31. The van der Waals surface area contributed by atoms with Gasteiger partial charge in [0.15, 0.2) is 5.82 Å². The molecule has 4 rings (SSSR count). The smallest absolute Gasteiger partial charge is 0.167 e. The second-order valence-electron chi connectivity index (χ2n) is 6.06. The molecule has 0 saturated carbocycles. The first kappa shape index (κ1) is 15.3. The van der Waals surface area contributed by atoms with E-state index in [1.54, 1.807) is 0 Å². The van der Waals surface area contributed by atoms with Crippen LogP contribution in [-0.2, 0) is 0 Å². The number of hydrogen-bond donors (Lipinski definition) is 1. The summed E-state index contributed by atoms with van der Waals surface area (Å²) in [4.78, 5) is 9.10. The van der Waals surface area contributed by atoms with Gasteiger partial charge in [0.25, 0.3) is 0 Å². The fraction of sp³-hybridized carbons (Fsp3) is 0.222. The van der Waals surface area contributed by atoms with Gasteiger partial charge in [0.1, 0.15) is 17.3 Å². The average molecular weight is 335 g/mol. The largest absolute Gasteiger partial charge is 0.383 e. The summed E-state index contributed by atoms with van der Waals surface area (Å²) < 4.78 is 10.5. The van der Waals surface area contributed by atoms with E-state index in [9.17, 15) is 0 Å². The maximum Gasteiger partial charge on any atom is 0.167 e. The summed E-state index contributed by atoms with van der Waals surface area (Å²) in [7, 11) is 0. The van der Waals surface area contributed by atoms with Crippen LogP contribution in [0.3, 0.4) is 0 Å². The van der Waals surface area contributed by atoms with E-state index in [0.29, 0.717) is 17.4 Å². The summed E-state index contributed by atoms with van der Waals surface area (Å²) in [5.41, 5.74) is 11.3. The number of nitrogen functional groups attached to an aromatic ring is 1. The van der Waals surface area contributed by atoms with Gasteiger partial charge in [0.05, 0.1) is 22.5 Å². The highest BCUT2D eigenvalue weighted by Gasteiger charge is 2.18. The molecule has 0 amide bonds. The third-order valence-electron chi connectivity index (χ3n) is 4.30. The minimum atomic E-state index is 0.411. The fourth-order valence-electron chi connectivity index (χ4n) is 3.12. The Bertz CT molecular complexity index is 1070. The van der Waals surface area contributed by atoms with Crippen LogP contribution in [0.1, 0.15) is 22.9 Å². The molecule has 0 bridgehead atoms. The third kappa shape index (κ3) is 2.36. The molecule has 0 aliphatic heterocycles. The van der Waals surface area contributed by atoms with Crippen LogP contribution in [0.4, 0.5) is 5.82 Å². The predicted molar refractivity (Wildman–Crippen MR) is 93.9 cm³/mol. The average Bonchev–Trinajstić information content (AvgIpc) is 3.09. The zero-order valence-electron chi connectivity index (χ0n) is 14.4. The van der Waals surface area contributed by atoms with Crippen LogP contribution in [0.25, 0.3) is 33.4 Å². The van der Waals surface area contributed by atoms with Crippen molar-refractivity contribution in [2.45, 2.75) is 27.7 Å². The number of hydrogen-bond acceptors (Lipinski definition) is 7. The van der Waals surface area contributed by atoms with Gasteiger partial charge >= 0.3 is 0 Å². The Hall–Kier alpha value is -3.22. The van der Waals surface area contributed by atoms with Crippen LogP contribution in [0.2, 0.25) is 0 Å². The molecule has 4 aromatic rings. The molecule has 0 atom stereocenters. The first-order valence-electron chi connectivity index (χ1n) is 7.89. The van der Waals surface area contributed by atoms with E-state index in [1.807, 2.05) is 45.9 Å². The second kappa shape index (κ2) is 5.41. The standard InChI is InChI=1S/C18H17N5O2/c1-8-15(10(3)24-22-8)12-5-6-14-13(7-12)17(19)21-18(20-14)16-9(2)23-25-11(16)4/h5-7H,1-4H3,(H2,19,20,21). The summed E-state index contributed by atoms with van der Waals surface area (Å²) in [6.45, 7) is 7.49. The topological polar surface area (TPSA) is 104 Å². The van der Waals surface area contributed by atoms with E-state index in [2.05, 4.69) is 20.3 Å². The Labute approximate surface area is 143 Å². The highest BCUT2D eigenvalue weighted by molar-refractivity contribution is 5.93. The molecule has 0 spiro atoms. The lowest BCUT2D eigenvalue weighted by molar-refractivity contribution is 0.393. The summed E-state index contributed by atoms with van der Waals surface area (Å²) in [5.74, 6) is 2.37. The molecule has 25 heavy (non-hydrogen) atoms. The van der Waals surface area contributed by atoms with E-state index in [1.165, 1.54) is 0 Å². The predicted octanol–water partition coefficient (Wildman–Crippen LogP) is 3.76. The number of nitrogens with two attached hydrogens (primary N) is 1. The Morgan fingerprint density at radius 3 is 2.08 bits per heavy atom. The number of fused-ring (bicyclic) bond motifs is 1. The lowest BCUT2D eigenvalue weighted by Crippen LogP contribution is -1.99. The molecule has 0 saturated heterocycles. The molecule has 7 heteroatoms. The molecule has 0 aliphatic rings. The van der Waals surface area contributed by atoms with Gasteiger partial charge in [-0.15, -0.1) is 0 Å². The van der Waals surface area contributed by atoms with Crippen LogP contribution in [0.15, 0.2) is 27.2 Å². The van der Waals surface area contributed by atoms with Gasteiger partial charge in [0, 0.05) is 10.9 Å². The number of aromatic nitrogens is 4. The normalized spacial score (nSPS) is 11.4. The van der Waals surface area contributed by atoms with Crippen LogP contribution < -0.4 is 5.73 Å². The van der Waals surface area contributed by atoms with E-state index in [0.717, 1.165) is 44.7 Å². The molecular formula is C18H17N5O2. The number of benzene rings is 1. The highest BCUT2D eigenvalue weighted by Crippen LogP contribution is 2.32. The Morgan fingerprint density at radius 1 is 0.840 bits per heavy atom. The van der Waals surface area contributed by atoms with Gasteiger partial charge in [-0.25, -0.2) is 9.97 Å². The summed E-state index contributed by atoms with van der Waals surface area (Å²) in [6, 6.07) is 5.88. The van der Waals surface area contributed by atoms with Crippen molar-refractivity contribution < 1.29 is 9.05 Å². The molecule has 7 nitrogen and oxygen atoms in total. The highest BCUT2D eigenvalue weighted by atomic mass is 16.5. The van der Waals surface area contributed by atoms with Crippen molar-refractivity contribution in [2.75, 3.05) is 5.73 Å². The van der Waals surface area contributed by atoms with Crippen molar-refractivity contribution in [1.82, 2.24) is 20.3 Å². The first-order chi connectivity index (χ1) is 12.0. The zero-order valence-corrected chi connectivity index (χ0v) is 14.4. The lowest BCUT2D eigenvalue weighted by atomic mass is 10.0. The van der Waals surface area contributed by atoms with Crippen LogP contribution in [0.5, 0.6) is 0 Å². The van der Waals surface area contributed by atoms with Gasteiger partial charge < -0.3 is 14.8 Å². The fourth-order valence-corrected chi connectivity index (χ4v) is 3.12. The van der Waals surface area contributed by atoms with Crippen LogP contribution in [0, 0.1) is 27.7 Å². The first-order valence-corrected chi connectivity index (χ1v) is 7.89. The molecule has 3 heterocycles. The van der Waals surface area contributed by atoms with Gasteiger partial charge in [-0.1, -0.05) is 16.4 Å². The molecular weight excluding hydrogens is 318 g/mol. The van der Waals surface area contributed by atoms with E-state index in [-0.39, 0.29) is 0 Å². The molecule has 0 aliphatic carbocycles. The Balaban J connectivity index is 1.91. The minimum Gasteiger partial charge on any atom is -0.383 e. The summed E-state index contributed by atoms with van der Waals surface area (Å²) in [5, 5.41) is 8.75. The van der Waals surface area contributed by atoms with Gasteiger partial charge in [0.2, 0.25) is 0 Å². The van der Waals surface area contributed by atoms with Gasteiger partial charge in [-0.3, -0.25) is 0 Å². The minimum absolute atomic E-state index is 0.411. The zero-order chi connectivity index (χ0) is 17.7. The molecule has 0 unspecified atom stereocenters. The van der Waals surface area contributed by atoms with Crippen molar-refractivity contribution in [3.63, 3.8) is 0 Å². The summed E-state index contributed by atoms with van der Waals surface area (Å²) in [6.07, 6.45) is 0. The van der Waals surface area contributed by atoms with E-state index in [4.69, 9.17) is 14.8 Å². The molecule has 1 aromatic carbocycles. The van der Waals surface area contributed by atoms with Crippen LogP contribution >= 0.6 is 0 Å². The van der Waals surface area contributed by atoms with Crippen molar-refractivity contribution in [2.24, 2.45) is 0 Å². The maximum atomic E-state index is 6.22. The number of anilines is 1. The SMILES string of the molecule is Cc1noc(C)c1-c1ccc2nc(-c3c(C)noc3C)nc(N)c2c1. The quantitative estimate of drug-likeness (QED) is 0.594. The van der Waals surface area contributed by atoms with Crippen molar-refractivity contribution in [3.05, 3.63) is 41.1 Å². The second-order valence-corrected chi connectivity index (χ2v) is 6.06.